The molecule has 1 aromatic rings. The Morgan fingerprint density at radius 3 is 2.56 bits per heavy atom. The van der Waals surface area contributed by atoms with Crippen LogP contribution in [0, 0.1) is 11.3 Å². The second-order valence-corrected chi connectivity index (χ2v) is 6.56. The molecule has 0 amide bonds. The highest BCUT2D eigenvalue weighted by Gasteiger charge is 2.21. The lowest BCUT2D eigenvalue weighted by atomic mass is 9.81. The van der Waals surface area contributed by atoms with E-state index in [2.05, 4.69) is 55.0 Å². The average Bonchev–Trinajstić information content (AvgIpc) is 2.31. The molecular weight excluding hydrogens is 290 g/mol. The summed E-state index contributed by atoms with van der Waals surface area (Å²) in [5.74, 6) is 1.57. The molecule has 0 fully saturated rings. The maximum absolute atomic E-state index is 5.25. The molecule has 0 atom stereocenters. The zero-order valence-corrected chi connectivity index (χ0v) is 13.6. The second-order valence-electron chi connectivity index (χ2n) is 5.70. The SMILES string of the molecule is COc1ccc(Br)c(CNCC(C)(C)C(C)C)c1. The summed E-state index contributed by atoms with van der Waals surface area (Å²) < 4.78 is 6.37. The number of hydrogen-bond donors (Lipinski definition) is 1. The molecule has 0 saturated heterocycles. The molecule has 3 heteroatoms. The smallest absolute Gasteiger partial charge is 0.119 e. The van der Waals surface area contributed by atoms with Crippen molar-refractivity contribution in [3.8, 4) is 5.75 Å². The Bertz CT molecular complexity index is 388. The van der Waals surface area contributed by atoms with Crippen LogP contribution in [0.3, 0.4) is 0 Å². The molecule has 1 rings (SSSR count). The van der Waals surface area contributed by atoms with Crippen LogP contribution < -0.4 is 10.1 Å². The van der Waals surface area contributed by atoms with Gasteiger partial charge in [0.1, 0.15) is 5.75 Å². The van der Waals surface area contributed by atoms with Crippen molar-refractivity contribution in [1.82, 2.24) is 5.32 Å². The summed E-state index contributed by atoms with van der Waals surface area (Å²) in [6, 6.07) is 6.06. The molecule has 0 saturated carbocycles. The summed E-state index contributed by atoms with van der Waals surface area (Å²) in [4.78, 5) is 0. The Labute approximate surface area is 119 Å². The monoisotopic (exact) mass is 313 g/mol. The van der Waals surface area contributed by atoms with Crippen LogP contribution in [0.4, 0.5) is 0 Å². The number of ether oxygens (including phenoxy) is 1. The Morgan fingerprint density at radius 2 is 2.00 bits per heavy atom. The Balaban J connectivity index is 2.58. The fourth-order valence-corrected chi connectivity index (χ4v) is 1.92. The van der Waals surface area contributed by atoms with E-state index in [-0.39, 0.29) is 0 Å². The van der Waals surface area contributed by atoms with Crippen LogP contribution in [0.1, 0.15) is 33.3 Å². The average molecular weight is 314 g/mol. The highest BCUT2D eigenvalue weighted by Crippen LogP contribution is 2.26. The lowest BCUT2D eigenvalue weighted by Gasteiger charge is -2.29. The van der Waals surface area contributed by atoms with Crippen molar-refractivity contribution in [2.24, 2.45) is 11.3 Å². The Kier molecular flexibility index (Phi) is 5.67. The van der Waals surface area contributed by atoms with Gasteiger partial charge in [0, 0.05) is 17.6 Å². The first-order valence-corrected chi connectivity index (χ1v) is 7.19. The molecule has 0 aromatic heterocycles. The Hall–Kier alpha value is -0.540. The lowest BCUT2D eigenvalue weighted by molar-refractivity contribution is 0.238. The van der Waals surface area contributed by atoms with E-state index in [1.165, 1.54) is 5.56 Å². The van der Waals surface area contributed by atoms with E-state index in [0.29, 0.717) is 11.3 Å². The number of halogens is 1. The first kappa shape index (κ1) is 15.5. The molecule has 1 aromatic carbocycles. The number of hydrogen-bond acceptors (Lipinski definition) is 2. The molecule has 0 aliphatic carbocycles. The summed E-state index contributed by atoms with van der Waals surface area (Å²) in [7, 11) is 1.70. The minimum Gasteiger partial charge on any atom is -0.497 e. The van der Waals surface area contributed by atoms with E-state index in [1.807, 2.05) is 12.1 Å². The van der Waals surface area contributed by atoms with Crippen molar-refractivity contribution >= 4 is 15.9 Å². The third-order valence-corrected chi connectivity index (χ3v) is 4.49. The second kappa shape index (κ2) is 6.58. The van der Waals surface area contributed by atoms with Crippen LogP contribution in [0.25, 0.3) is 0 Å². The first-order valence-electron chi connectivity index (χ1n) is 6.40. The van der Waals surface area contributed by atoms with Crippen LogP contribution in [0.2, 0.25) is 0 Å². The first-order chi connectivity index (χ1) is 8.36. The highest BCUT2D eigenvalue weighted by molar-refractivity contribution is 9.10. The summed E-state index contributed by atoms with van der Waals surface area (Å²) >= 11 is 3.57. The zero-order valence-electron chi connectivity index (χ0n) is 12.0. The Morgan fingerprint density at radius 1 is 1.33 bits per heavy atom. The lowest BCUT2D eigenvalue weighted by Crippen LogP contribution is -2.33. The van der Waals surface area contributed by atoms with E-state index in [4.69, 9.17) is 4.74 Å². The summed E-state index contributed by atoms with van der Waals surface area (Å²) in [6.07, 6.45) is 0. The van der Waals surface area contributed by atoms with E-state index in [1.54, 1.807) is 7.11 Å². The largest absolute Gasteiger partial charge is 0.497 e. The van der Waals surface area contributed by atoms with Gasteiger partial charge >= 0.3 is 0 Å². The van der Waals surface area contributed by atoms with E-state index in [0.717, 1.165) is 23.3 Å². The van der Waals surface area contributed by atoms with E-state index in [9.17, 15) is 0 Å². The van der Waals surface area contributed by atoms with Gasteiger partial charge < -0.3 is 10.1 Å². The van der Waals surface area contributed by atoms with Crippen molar-refractivity contribution < 1.29 is 4.74 Å². The minimum absolute atomic E-state index is 0.311. The van der Waals surface area contributed by atoms with Crippen LogP contribution in [0.5, 0.6) is 5.75 Å². The van der Waals surface area contributed by atoms with Crippen molar-refractivity contribution in [1.29, 1.82) is 0 Å². The molecular formula is C15H24BrNO. The summed E-state index contributed by atoms with van der Waals surface area (Å²) in [5, 5.41) is 3.53. The van der Waals surface area contributed by atoms with Crippen molar-refractivity contribution in [3.05, 3.63) is 28.2 Å². The van der Waals surface area contributed by atoms with Crippen molar-refractivity contribution in [2.45, 2.75) is 34.2 Å². The minimum atomic E-state index is 0.311. The molecule has 0 unspecified atom stereocenters. The van der Waals surface area contributed by atoms with Crippen molar-refractivity contribution in [3.63, 3.8) is 0 Å². The van der Waals surface area contributed by atoms with Crippen LogP contribution in [-0.4, -0.2) is 13.7 Å². The molecule has 0 spiro atoms. The molecule has 0 aliphatic heterocycles. The molecule has 18 heavy (non-hydrogen) atoms. The van der Waals surface area contributed by atoms with Crippen LogP contribution in [-0.2, 0) is 6.54 Å². The molecule has 0 radical (unpaired) electrons. The third-order valence-electron chi connectivity index (χ3n) is 3.71. The molecule has 0 bridgehead atoms. The van der Waals surface area contributed by atoms with Crippen LogP contribution >= 0.6 is 15.9 Å². The predicted molar refractivity (Wildman–Crippen MR) is 81.0 cm³/mol. The standard InChI is InChI=1S/C15H24BrNO/c1-11(2)15(3,4)10-17-9-12-8-13(18-5)6-7-14(12)16/h6-8,11,17H,9-10H2,1-5H3. The molecule has 0 heterocycles. The molecule has 2 nitrogen and oxygen atoms in total. The zero-order chi connectivity index (χ0) is 13.8. The van der Waals surface area contributed by atoms with E-state index < -0.39 is 0 Å². The highest BCUT2D eigenvalue weighted by atomic mass is 79.9. The van der Waals surface area contributed by atoms with Crippen molar-refractivity contribution in [2.75, 3.05) is 13.7 Å². The van der Waals surface area contributed by atoms with Gasteiger partial charge in [0.2, 0.25) is 0 Å². The maximum atomic E-state index is 5.25. The fourth-order valence-electron chi connectivity index (χ4n) is 1.54. The van der Waals surface area contributed by atoms with Gasteiger partial charge in [0.25, 0.3) is 0 Å². The predicted octanol–water partition coefficient (Wildman–Crippen LogP) is 4.23. The number of methoxy groups -OCH3 is 1. The van der Waals surface area contributed by atoms with E-state index >= 15 is 0 Å². The normalized spacial score (nSPS) is 11.9. The number of benzene rings is 1. The molecule has 0 aliphatic rings. The van der Waals surface area contributed by atoms with Gasteiger partial charge in [-0.1, -0.05) is 43.6 Å². The third kappa shape index (κ3) is 4.29. The van der Waals surface area contributed by atoms with Crippen LogP contribution in [0.15, 0.2) is 22.7 Å². The summed E-state index contributed by atoms with van der Waals surface area (Å²) in [5.41, 5.74) is 1.54. The molecule has 1 N–H and O–H groups in total. The number of rotatable bonds is 6. The van der Waals surface area contributed by atoms with Gasteiger partial charge in [-0.3, -0.25) is 0 Å². The van der Waals surface area contributed by atoms with Gasteiger partial charge in [0.05, 0.1) is 7.11 Å². The quantitative estimate of drug-likeness (QED) is 0.848. The van der Waals surface area contributed by atoms with Gasteiger partial charge in [-0.25, -0.2) is 0 Å². The van der Waals surface area contributed by atoms with Gasteiger partial charge in [-0.05, 0) is 35.1 Å². The van der Waals surface area contributed by atoms with Gasteiger partial charge in [-0.15, -0.1) is 0 Å². The van der Waals surface area contributed by atoms with Gasteiger partial charge in [0.15, 0.2) is 0 Å². The maximum Gasteiger partial charge on any atom is 0.119 e. The molecule has 102 valence electrons. The fraction of sp³-hybridized carbons (Fsp3) is 0.600. The summed E-state index contributed by atoms with van der Waals surface area (Å²) in [6.45, 7) is 11.0. The topological polar surface area (TPSA) is 21.3 Å². The van der Waals surface area contributed by atoms with Gasteiger partial charge in [-0.2, -0.15) is 0 Å². The number of nitrogens with one attached hydrogen (secondary N) is 1.